The average Bonchev–Trinajstić information content (AvgIpc) is 2.42. The van der Waals surface area contributed by atoms with Gasteiger partial charge in [0.25, 0.3) is 0 Å². The number of hydrogen-bond donors (Lipinski definition) is 1. The third-order valence-corrected chi connectivity index (χ3v) is 1.59. The summed E-state index contributed by atoms with van der Waals surface area (Å²) in [5, 5.41) is 8.94. The van der Waals surface area contributed by atoms with E-state index in [1.807, 2.05) is 0 Å². The van der Waals surface area contributed by atoms with Gasteiger partial charge in [0.05, 0.1) is 7.11 Å². The van der Waals surface area contributed by atoms with Crippen molar-refractivity contribution in [1.29, 1.82) is 0 Å². The molecule has 1 aliphatic rings. The fraction of sp³-hybridized carbons (Fsp3) is 0.714. The first kappa shape index (κ1) is 9.79. The fourth-order valence-corrected chi connectivity index (χ4v) is 0.958. The Labute approximate surface area is 74.4 Å². The summed E-state index contributed by atoms with van der Waals surface area (Å²) in [4.78, 5) is 21.1. The van der Waals surface area contributed by atoms with Gasteiger partial charge >= 0.3 is 12.1 Å². The van der Waals surface area contributed by atoms with Crippen LogP contribution >= 0.6 is 0 Å². The molecule has 2 atom stereocenters. The van der Waals surface area contributed by atoms with Crippen molar-refractivity contribution in [2.75, 3.05) is 13.7 Å². The van der Waals surface area contributed by atoms with Gasteiger partial charge in [0, 0.05) is 6.42 Å². The lowest BCUT2D eigenvalue weighted by Gasteiger charge is -2.07. The zero-order valence-corrected chi connectivity index (χ0v) is 7.06. The Hall–Kier alpha value is -1.30. The Bertz CT molecular complexity index is 213. The topological polar surface area (TPSA) is 82.1 Å². The molecule has 1 aliphatic heterocycles. The largest absolute Gasteiger partial charge is 0.508 e. The molecular weight excluding hydrogens is 180 g/mol. The molecule has 1 N–H and O–H groups in total. The maximum Gasteiger partial charge on any atom is 0.508 e. The number of methoxy groups -OCH3 is 1. The zero-order valence-electron chi connectivity index (χ0n) is 7.06. The van der Waals surface area contributed by atoms with Crippen LogP contribution in [0.4, 0.5) is 4.79 Å². The van der Waals surface area contributed by atoms with Crippen molar-refractivity contribution in [2.45, 2.75) is 18.6 Å². The number of hydrogen-bond acceptors (Lipinski definition) is 6. The standard InChI is InChI=1S/C7H10O6/c1-11-7(10)12-3-4-2-5(8)6(9)13-4/h4-5,8H,2-3H2,1H3/t4-,5-/m0/s1. The lowest BCUT2D eigenvalue weighted by molar-refractivity contribution is -0.148. The molecule has 1 heterocycles. The fourth-order valence-electron chi connectivity index (χ4n) is 0.958. The maximum absolute atomic E-state index is 10.7. The highest BCUT2D eigenvalue weighted by molar-refractivity contribution is 5.76. The minimum absolute atomic E-state index is 0.0878. The second-order valence-electron chi connectivity index (χ2n) is 2.58. The van der Waals surface area contributed by atoms with Crippen LogP contribution in [0.3, 0.4) is 0 Å². The Morgan fingerprint density at radius 2 is 2.46 bits per heavy atom. The van der Waals surface area contributed by atoms with Crippen molar-refractivity contribution < 1.29 is 28.9 Å². The normalized spacial score (nSPS) is 26.8. The zero-order chi connectivity index (χ0) is 9.84. The van der Waals surface area contributed by atoms with Gasteiger partial charge in [0.2, 0.25) is 0 Å². The highest BCUT2D eigenvalue weighted by Crippen LogP contribution is 2.14. The summed E-state index contributed by atoms with van der Waals surface area (Å²) in [6, 6.07) is 0. The number of cyclic esters (lactones) is 1. The van der Waals surface area contributed by atoms with Gasteiger partial charge in [-0.25, -0.2) is 9.59 Å². The van der Waals surface area contributed by atoms with E-state index in [1.54, 1.807) is 0 Å². The van der Waals surface area contributed by atoms with E-state index in [2.05, 4.69) is 14.2 Å². The number of carbonyl (C=O) groups excluding carboxylic acids is 2. The van der Waals surface area contributed by atoms with Crippen molar-refractivity contribution in [3.8, 4) is 0 Å². The molecule has 6 heteroatoms. The van der Waals surface area contributed by atoms with Crippen molar-refractivity contribution in [1.82, 2.24) is 0 Å². The number of esters is 1. The minimum atomic E-state index is -1.11. The van der Waals surface area contributed by atoms with Crippen LogP contribution in [-0.4, -0.2) is 43.2 Å². The number of aliphatic hydroxyl groups is 1. The van der Waals surface area contributed by atoms with E-state index in [1.165, 1.54) is 7.11 Å². The van der Waals surface area contributed by atoms with Crippen LogP contribution in [0.5, 0.6) is 0 Å². The monoisotopic (exact) mass is 190 g/mol. The molecule has 0 radical (unpaired) electrons. The summed E-state index contributed by atoms with van der Waals surface area (Å²) in [6.07, 6.45) is -2.36. The summed E-state index contributed by atoms with van der Waals surface area (Å²) in [7, 11) is 1.18. The quantitative estimate of drug-likeness (QED) is 0.588. The van der Waals surface area contributed by atoms with Crippen LogP contribution in [0.15, 0.2) is 0 Å². The van der Waals surface area contributed by atoms with Gasteiger partial charge in [0.15, 0.2) is 6.10 Å². The molecule has 0 aliphatic carbocycles. The third-order valence-electron chi connectivity index (χ3n) is 1.59. The minimum Gasteiger partial charge on any atom is -0.457 e. The summed E-state index contributed by atoms with van der Waals surface area (Å²) in [5.41, 5.74) is 0. The molecule has 0 aromatic rings. The first-order valence-electron chi connectivity index (χ1n) is 3.72. The van der Waals surface area contributed by atoms with Gasteiger partial charge < -0.3 is 19.3 Å². The van der Waals surface area contributed by atoms with Crippen LogP contribution < -0.4 is 0 Å². The van der Waals surface area contributed by atoms with E-state index in [9.17, 15) is 9.59 Å². The van der Waals surface area contributed by atoms with Crippen molar-refractivity contribution in [3.63, 3.8) is 0 Å². The van der Waals surface area contributed by atoms with E-state index < -0.39 is 24.3 Å². The summed E-state index contributed by atoms with van der Waals surface area (Å²) in [6.45, 7) is -0.0878. The van der Waals surface area contributed by atoms with E-state index >= 15 is 0 Å². The predicted octanol–water partition coefficient (Wildman–Crippen LogP) is -0.554. The smallest absolute Gasteiger partial charge is 0.457 e. The van der Waals surface area contributed by atoms with Gasteiger partial charge in [0.1, 0.15) is 12.7 Å². The summed E-state index contributed by atoms with van der Waals surface area (Å²) >= 11 is 0. The predicted molar refractivity (Wildman–Crippen MR) is 38.9 cm³/mol. The number of aliphatic hydroxyl groups excluding tert-OH is 1. The van der Waals surface area contributed by atoms with Crippen molar-refractivity contribution in [2.24, 2.45) is 0 Å². The first-order valence-corrected chi connectivity index (χ1v) is 3.72. The van der Waals surface area contributed by atoms with Gasteiger partial charge in [-0.05, 0) is 0 Å². The van der Waals surface area contributed by atoms with E-state index in [-0.39, 0.29) is 13.0 Å². The molecule has 1 rings (SSSR count). The Balaban J connectivity index is 2.24. The van der Waals surface area contributed by atoms with E-state index in [4.69, 9.17) is 5.11 Å². The molecule has 0 amide bonds. The molecule has 1 fully saturated rings. The number of rotatable bonds is 2. The summed E-state index contributed by atoms with van der Waals surface area (Å²) < 4.78 is 13.4. The van der Waals surface area contributed by atoms with Crippen LogP contribution in [0.1, 0.15) is 6.42 Å². The lowest BCUT2D eigenvalue weighted by Crippen LogP contribution is -2.18. The van der Waals surface area contributed by atoms with Crippen LogP contribution in [-0.2, 0) is 19.0 Å². The molecule has 0 aromatic heterocycles. The Morgan fingerprint density at radius 3 is 2.92 bits per heavy atom. The van der Waals surface area contributed by atoms with Gasteiger partial charge in [-0.15, -0.1) is 0 Å². The van der Waals surface area contributed by atoms with Gasteiger partial charge in [-0.1, -0.05) is 0 Å². The van der Waals surface area contributed by atoms with Crippen LogP contribution in [0, 0.1) is 0 Å². The third kappa shape index (κ3) is 2.59. The van der Waals surface area contributed by atoms with Crippen molar-refractivity contribution >= 4 is 12.1 Å². The molecule has 1 saturated heterocycles. The molecule has 0 spiro atoms. The molecule has 0 unspecified atom stereocenters. The molecule has 6 nitrogen and oxygen atoms in total. The molecule has 13 heavy (non-hydrogen) atoms. The highest BCUT2D eigenvalue weighted by atomic mass is 16.7. The van der Waals surface area contributed by atoms with E-state index in [0.29, 0.717) is 0 Å². The Kier molecular flexibility index (Phi) is 3.07. The molecule has 0 saturated carbocycles. The molecular formula is C7H10O6. The lowest BCUT2D eigenvalue weighted by atomic mass is 10.2. The number of carbonyl (C=O) groups is 2. The molecule has 0 bridgehead atoms. The SMILES string of the molecule is COC(=O)OC[C@@H]1C[C@H](O)C(=O)O1. The van der Waals surface area contributed by atoms with E-state index in [0.717, 1.165) is 0 Å². The Morgan fingerprint density at radius 1 is 1.77 bits per heavy atom. The average molecular weight is 190 g/mol. The number of ether oxygens (including phenoxy) is 3. The molecule has 74 valence electrons. The van der Waals surface area contributed by atoms with Crippen molar-refractivity contribution in [3.05, 3.63) is 0 Å². The van der Waals surface area contributed by atoms with Gasteiger partial charge in [-0.3, -0.25) is 0 Å². The van der Waals surface area contributed by atoms with Crippen LogP contribution in [0.2, 0.25) is 0 Å². The van der Waals surface area contributed by atoms with Crippen LogP contribution in [0.25, 0.3) is 0 Å². The highest BCUT2D eigenvalue weighted by Gasteiger charge is 2.33. The second-order valence-corrected chi connectivity index (χ2v) is 2.58. The second kappa shape index (κ2) is 4.08. The maximum atomic E-state index is 10.7. The summed E-state index contributed by atoms with van der Waals surface area (Å²) in [5.74, 6) is -0.682. The molecule has 0 aromatic carbocycles. The van der Waals surface area contributed by atoms with Gasteiger partial charge in [-0.2, -0.15) is 0 Å². The first-order chi connectivity index (χ1) is 6.13.